The highest BCUT2D eigenvalue weighted by Gasteiger charge is 2.43. The smallest absolute Gasteiger partial charge is 0.313 e. The molecule has 3 nitrogen and oxygen atoms in total. The minimum Gasteiger partial charge on any atom is -0.461 e. The van der Waals surface area contributed by atoms with Crippen molar-refractivity contribution in [2.45, 2.75) is 161 Å². The number of unbranched alkanes of at least 4 members (excludes halogenated alkanes) is 11. The molecular formula is C33H58O3. The Morgan fingerprint density at radius 1 is 0.806 bits per heavy atom. The van der Waals surface area contributed by atoms with Crippen LogP contribution in [0.1, 0.15) is 149 Å². The second kappa shape index (κ2) is 20.9. The van der Waals surface area contributed by atoms with Crippen molar-refractivity contribution in [1.82, 2.24) is 0 Å². The molecule has 2 saturated heterocycles. The van der Waals surface area contributed by atoms with Crippen LogP contribution in [0.15, 0.2) is 24.3 Å². The lowest BCUT2D eigenvalue weighted by Gasteiger charge is -2.40. The molecule has 2 rings (SSSR count). The zero-order chi connectivity index (χ0) is 25.7. The standard InChI is InChI=1S/C33H58O3/c1-3-5-7-9-10-11-12-13-14-15-16-17-18-19-20-24-29(31-26-22-23-27-35-31)28-32-30(33(34)36-32)25-21-8-6-4-2/h10-11,13-14,29-32H,3-9,12,15-28H2,1-2H3/b11-10-,14-13-. The molecule has 0 bridgehead atoms. The Hall–Kier alpha value is -1.09. The van der Waals surface area contributed by atoms with E-state index in [2.05, 4.69) is 38.2 Å². The molecule has 0 amide bonds. The highest BCUT2D eigenvalue weighted by atomic mass is 16.6. The lowest BCUT2D eigenvalue weighted by atomic mass is 9.80. The summed E-state index contributed by atoms with van der Waals surface area (Å²) >= 11 is 0. The third-order valence-corrected chi connectivity index (χ3v) is 8.19. The third kappa shape index (κ3) is 13.5. The highest BCUT2D eigenvalue weighted by Crippen LogP contribution is 2.36. The first-order valence-corrected chi connectivity index (χ1v) is 15.9. The molecule has 4 unspecified atom stereocenters. The van der Waals surface area contributed by atoms with Crippen LogP contribution in [-0.2, 0) is 14.3 Å². The van der Waals surface area contributed by atoms with Crippen molar-refractivity contribution < 1.29 is 14.3 Å². The average molecular weight is 503 g/mol. The number of hydrogen-bond acceptors (Lipinski definition) is 3. The highest BCUT2D eigenvalue weighted by molar-refractivity contribution is 5.78. The van der Waals surface area contributed by atoms with Crippen molar-refractivity contribution in [1.29, 1.82) is 0 Å². The molecule has 0 N–H and O–H groups in total. The zero-order valence-corrected chi connectivity index (χ0v) is 23.9. The molecule has 2 aliphatic rings. The molecule has 3 heteroatoms. The Bertz CT molecular complexity index is 590. The fourth-order valence-electron chi connectivity index (χ4n) is 5.81. The average Bonchev–Trinajstić information content (AvgIpc) is 2.90. The molecule has 2 heterocycles. The maximum atomic E-state index is 12.1. The molecule has 0 radical (unpaired) electrons. The van der Waals surface area contributed by atoms with Crippen molar-refractivity contribution >= 4 is 5.97 Å². The maximum Gasteiger partial charge on any atom is 0.313 e. The molecule has 4 atom stereocenters. The number of carbonyl (C=O) groups is 1. The molecule has 0 aromatic rings. The van der Waals surface area contributed by atoms with Crippen LogP contribution in [-0.4, -0.2) is 24.8 Å². The first kappa shape index (κ1) is 31.1. The summed E-state index contributed by atoms with van der Waals surface area (Å²) in [5, 5.41) is 0. The lowest BCUT2D eigenvalue weighted by molar-refractivity contribution is -0.189. The van der Waals surface area contributed by atoms with Gasteiger partial charge in [0.05, 0.1) is 12.0 Å². The predicted molar refractivity (Wildman–Crippen MR) is 153 cm³/mol. The van der Waals surface area contributed by atoms with E-state index < -0.39 is 0 Å². The summed E-state index contributed by atoms with van der Waals surface area (Å²) in [7, 11) is 0. The van der Waals surface area contributed by atoms with Crippen molar-refractivity contribution in [3.8, 4) is 0 Å². The Balaban J connectivity index is 1.58. The van der Waals surface area contributed by atoms with Crippen LogP contribution >= 0.6 is 0 Å². The van der Waals surface area contributed by atoms with Crippen LogP contribution in [0.25, 0.3) is 0 Å². The van der Waals surface area contributed by atoms with E-state index >= 15 is 0 Å². The van der Waals surface area contributed by atoms with E-state index in [1.54, 1.807) is 0 Å². The van der Waals surface area contributed by atoms with Gasteiger partial charge in [0, 0.05) is 6.61 Å². The van der Waals surface area contributed by atoms with Gasteiger partial charge in [0.2, 0.25) is 0 Å². The van der Waals surface area contributed by atoms with Gasteiger partial charge in [-0.1, -0.05) is 102 Å². The van der Waals surface area contributed by atoms with E-state index in [1.807, 2.05) is 0 Å². The van der Waals surface area contributed by atoms with Gasteiger partial charge < -0.3 is 9.47 Å². The van der Waals surface area contributed by atoms with Crippen molar-refractivity contribution in [2.75, 3.05) is 6.61 Å². The number of ether oxygens (including phenoxy) is 2. The van der Waals surface area contributed by atoms with E-state index in [9.17, 15) is 4.79 Å². The summed E-state index contributed by atoms with van der Waals surface area (Å²) in [6.07, 6.45) is 35.9. The topological polar surface area (TPSA) is 35.5 Å². The van der Waals surface area contributed by atoms with Gasteiger partial charge in [0.25, 0.3) is 0 Å². The first-order chi connectivity index (χ1) is 17.8. The molecule has 2 fully saturated rings. The van der Waals surface area contributed by atoms with Gasteiger partial charge in [-0.2, -0.15) is 0 Å². The molecular weight excluding hydrogens is 444 g/mol. The van der Waals surface area contributed by atoms with Crippen LogP contribution < -0.4 is 0 Å². The lowest BCUT2D eigenvalue weighted by Crippen LogP contribution is -2.47. The third-order valence-electron chi connectivity index (χ3n) is 8.19. The van der Waals surface area contributed by atoms with Crippen LogP contribution in [0.4, 0.5) is 0 Å². The summed E-state index contributed by atoms with van der Waals surface area (Å²) in [6, 6.07) is 0. The van der Waals surface area contributed by atoms with Crippen LogP contribution in [0.5, 0.6) is 0 Å². The van der Waals surface area contributed by atoms with Crippen molar-refractivity contribution in [2.24, 2.45) is 11.8 Å². The second-order valence-corrected chi connectivity index (χ2v) is 11.4. The van der Waals surface area contributed by atoms with E-state index in [4.69, 9.17) is 9.47 Å². The summed E-state index contributed by atoms with van der Waals surface area (Å²) in [5.74, 6) is 0.758. The Morgan fingerprint density at radius 2 is 1.47 bits per heavy atom. The largest absolute Gasteiger partial charge is 0.461 e. The van der Waals surface area contributed by atoms with E-state index in [0.717, 1.165) is 25.9 Å². The fraction of sp³-hybridized carbons (Fsp3) is 0.848. The van der Waals surface area contributed by atoms with Gasteiger partial charge in [-0.25, -0.2) is 0 Å². The minimum atomic E-state index is 0.0526. The van der Waals surface area contributed by atoms with Crippen LogP contribution in [0.2, 0.25) is 0 Å². The van der Waals surface area contributed by atoms with Crippen molar-refractivity contribution in [3.05, 3.63) is 24.3 Å². The summed E-state index contributed by atoms with van der Waals surface area (Å²) in [5.41, 5.74) is 0. The second-order valence-electron chi connectivity index (χ2n) is 11.4. The number of allylic oxidation sites excluding steroid dienone is 4. The van der Waals surface area contributed by atoms with Crippen molar-refractivity contribution in [3.63, 3.8) is 0 Å². The van der Waals surface area contributed by atoms with Gasteiger partial charge in [-0.3, -0.25) is 4.79 Å². The number of cyclic esters (lactones) is 1. The summed E-state index contributed by atoms with van der Waals surface area (Å²) < 4.78 is 11.9. The predicted octanol–water partition coefficient (Wildman–Crippen LogP) is 9.89. The van der Waals surface area contributed by atoms with Gasteiger partial charge in [0.15, 0.2) is 0 Å². The Kier molecular flexibility index (Phi) is 18.1. The van der Waals surface area contributed by atoms with Crippen LogP contribution in [0, 0.1) is 11.8 Å². The molecule has 0 aliphatic carbocycles. The quantitative estimate of drug-likeness (QED) is 0.0839. The summed E-state index contributed by atoms with van der Waals surface area (Å²) in [6.45, 7) is 5.41. The maximum absolute atomic E-state index is 12.1. The summed E-state index contributed by atoms with van der Waals surface area (Å²) in [4.78, 5) is 12.1. The Morgan fingerprint density at radius 3 is 2.17 bits per heavy atom. The number of hydrogen-bond donors (Lipinski definition) is 0. The number of esters is 1. The number of carbonyl (C=O) groups excluding carboxylic acids is 1. The monoisotopic (exact) mass is 502 g/mol. The molecule has 2 aliphatic heterocycles. The normalized spacial score (nSPS) is 23.3. The van der Waals surface area contributed by atoms with E-state index in [1.165, 1.54) is 116 Å². The van der Waals surface area contributed by atoms with Gasteiger partial charge >= 0.3 is 5.97 Å². The van der Waals surface area contributed by atoms with Gasteiger partial charge in [-0.15, -0.1) is 0 Å². The fourth-order valence-corrected chi connectivity index (χ4v) is 5.81. The Labute approximate surface area is 223 Å². The minimum absolute atomic E-state index is 0.0526. The van der Waals surface area contributed by atoms with Gasteiger partial charge in [-0.05, 0) is 76.5 Å². The SMILES string of the molecule is CCCCC/C=C\C/C=C\CCCCCCCC(CC1OC(=O)C1CCCCCC)C1CCCCO1. The first-order valence-electron chi connectivity index (χ1n) is 15.9. The molecule has 0 spiro atoms. The van der Waals surface area contributed by atoms with E-state index in [-0.39, 0.29) is 18.0 Å². The van der Waals surface area contributed by atoms with Gasteiger partial charge in [0.1, 0.15) is 6.10 Å². The number of rotatable bonds is 22. The molecule has 208 valence electrons. The molecule has 36 heavy (non-hydrogen) atoms. The zero-order valence-electron chi connectivity index (χ0n) is 23.9. The molecule has 0 saturated carbocycles. The molecule has 0 aromatic carbocycles. The van der Waals surface area contributed by atoms with E-state index in [0.29, 0.717) is 12.0 Å². The van der Waals surface area contributed by atoms with Crippen LogP contribution in [0.3, 0.4) is 0 Å². The molecule has 0 aromatic heterocycles.